The highest BCUT2D eigenvalue weighted by molar-refractivity contribution is 14.0. The monoisotopic (exact) mass is 455 g/mol. The lowest BCUT2D eigenvalue weighted by Gasteiger charge is -2.36. The molecule has 0 saturated carbocycles. The van der Waals surface area contributed by atoms with Gasteiger partial charge < -0.3 is 14.7 Å². The molecule has 1 aliphatic rings. The molecule has 3 rings (SSSR count). The third-order valence-corrected chi connectivity index (χ3v) is 4.29. The molecule has 7 heteroatoms. The maximum Gasteiger partial charge on any atom is 0.194 e. The van der Waals surface area contributed by atoms with Crippen LogP contribution in [0.3, 0.4) is 0 Å². The zero-order valence-electron chi connectivity index (χ0n) is 14.8. The molecule has 0 atom stereocenters. The lowest BCUT2D eigenvalue weighted by molar-refractivity contribution is 0.172. The topological polar surface area (TPSA) is 56.9 Å². The van der Waals surface area contributed by atoms with Gasteiger partial charge in [-0.05, 0) is 12.5 Å². The standard InChI is InChI=1S/C18H25N5O.HI/c1-15-4-3-5-16(12-15)14-22-7-9-23(10-8-22)18(19-2)20-13-17-6-11-24-21-17;/h3-6,11-12H,7-10,13-14H2,1-2H3,(H,19,20);1H. The summed E-state index contributed by atoms with van der Waals surface area (Å²) in [7, 11) is 1.82. The van der Waals surface area contributed by atoms with E-state index in [0.717, 1.165) is 44.4 Å². The van der Waals surface area contributed by atoms with Crippen LogP contribution in [0.1, 0.15) is 16.8 Å². The van der Waals surface area contributed by atoms with Gasteiger partial charge in [0, 0.05) is 45.8 Å². The summed E-state index contributed by atoms with van der Waals surface area (Å²) in [6.07, 6.45) is 1.59. The summed E-state index contributed by atoms with van der Waals surface area (Å²) >= 11 is 0. The minimum atomic E-state index is 0. The van der Waals surface area contributed by atoms with Crippen LogP contribution in [0.15, 0.2) is 46.1 Å². The van der Waals surface area contributed by atoms with E-state index in [4.69, 9.17) is 4.52 Å². The maximum atomic E-state index is 4.85. The first-order valence-electron chi connectivity index (χ1n) is 8.37. The number of rotatable bonds is 4. The molecule has 1 aromatic heterocycles. The summed E-state index contributed by atoms with van der Waals surface area (Å²) < 4.78 is 4.85. The normalized spacial score (nSPS) is 15.8. The minimum Gasteiger partial charge on any atom is -0.364 e. The molecule has 1 N–H and O–H groups in total. The number of nitrogens with one attached hydrogen (secondary N) is 1. The molecule has 1 saturated heterocycles. The largest absolute Gasteiger partial charge is 0.364 e. The van der Waals surface area contributed by atoms with E-state index in [1.807, 2.05) is 13.1 Å². The lowest BCUT2D eigenvalue weighted by Crippen LogP contribution is -2.52. The van der Waals surface area contributed by atoms with E-state index in [1.165, 1.54) is 11.1 Å². The zero-order valence-corrected chi connectivity index (χ0v) is 17.1. The predicted octanol–water partition coefficient (Wildman–Crippen LogP) is 2.49. The molecule has 2 aromatic rings. The van der Waals surface area contributed by atoms with E-state index in [1.54, 1.807) is 6.26 Å². The van der Waals surface area contributed by atoms with E-state index in [0.29, 0.717) is 6.54 Å². The fraction of sp³-hybridized carbons (Fsp3) is 0.444. The van der Waals surface area contributed by atoms with Gasteiger partial charge in [0.2, 0.25) is 0 Å². The number of nitrogens with zero attached hydrogens (tertiary/aromatic N) is 4. The molecule has 1 aliphatic heterocycles. The highest BCUT2D eigenvalue weighted by Crippen LogP contribution is 2.10. The number of hydrogen-bond donors (Lipinski definition) is 1. The highest BCUT2D eigenvalue weighted by atomic mass is 127. The number of halogens is 1. The molecule has 136 valence electrons. The molecule has 0 aliphatic carbocycles. The first-order chi connectivity index (χ1) is 11.7. The number of guanidine groups is 1. The molecule has 0 unspecified atom stereocenters. The first kappa shape index (κ1) is 19.7. The van der Waals surface area contributed by atoms with Crippen LogP contribution < -0.4 is 5.32 Å². The number of aliphatic imine (C=N–C) groups is 1. The van der Waals surface area contributed by atoms with Crippen molar-refractivity contribution < 1.29 is 4.52 Å². The highest BCUT2D eigenvalue weighted by Gasteiger charge is 2.19. The lowest BCUT2D eigenvalue weighted by atomic mass is 10.1. The van der Waals surface area contributed by atoms with Crippen molar-refractivity contribution >= 4 is 29.9 Å². The second-order valence-electron chi connectivity index (χ2n) is 6.14. The van der Waals surface area contributed by atoms with Crippen LogP contribution in [0.25, 0.3) is 0 Å². The average molecular weight is 455 g/mol. The Morgan fingerprint density at radius 2 is 2.04 bits per heavy atom. The fourth-order valence-electron chi connectivity index (χ4n) is 3.02. The molecule has 2 heterocycles. The van der Waals surface area contributed by atoms with Gasteiger partial charge in [0.25, 0.3) is 0 Å². The summed E-state index contributed by atoms with van der Waals surface area (Å²) in [5, 5.41) is 7.26. The summed E-state index contributed by atoms with van der Waals surface area (Å²) in [4.78, 5) is 9.18. The Balaban J connectivity index is 0.00000225. The number of aryl methyl sites for hydroxylation is 1. The van der Waals surface area contributed by atoms with E-state index in [9.17, 15) is 0 Å². The van der Waals surface area contributed by atoms with Gasteiger partial charge >= 0.3 is 0 Å². The van der Waals surface area contributed by atoms with Crippen molar-refractivity contribution in [2.75, 3.05) is 33.2 Å². The smallest absolute Gasteiger partial charge is 0.194 e. The third-order valence-electron chi connectivity index (χ3n) is 4.29. The fourth-order valence-corrected chi connectivity index (χ4v) is 3.02. The SMILES string of the molecule is CN=C(NCc1ccon1)N1CCN(Cc2cccc(C)c2)CC1.I. The second-order valence-corrected chi connectivity index (χ2v) is 6.14. The number of hydrogen-bond acceptors (Lipinski definition) is 4. The minimum absolute atomic E-state index is 0. The summed E-state index contributed by atoms with van der Waals surface area (Å²) in [6, 6.07) is 10.6. The van der Waals surface area contributed by atoms with Gasteiger partial charge in [0.1, 0.15) is 12.0 Å². The Kier molecular flexibility index (Phi) is 7.70. The van der Waals surface area contributed by atoms with Gasteiger partial charge in [-0.25, -0.2) is 0 Å². The number of benzene rings is 1. The average Bonchev–Trinajstić information content (AvgIpc) is 3.10. The van der Waals surface area contributed by atoms with Crippen LogP contribution in [0, 0.1) is 6.92 Å². The van der Waals surface area contributed by atoms with Crippen molar-refractivity contribution in [2.45, 2.75) is 20.0 Å². The van der Waals surface area contributed by atoms with Crippen LogP contribution in [0.2, 0.25) is 0 Å². The van der Waals surface area contributed by atoms with Crippen molar-refractivity contribution in [2.24, 2.45) is 4.99 Å². The summed E-state index contributed by atoms with van der Waals surface area (Å²) in [5.41, 5.74) is 3.59. The van der Waals surface area contributed by atoms with Gasteiger partial charge in [-0.3, -0.25) is 9.89 Å². The van der Waals surface area contributed by atoms with Gasteiger partial charge in [0.15, 0.2) is 5.96 Å². The molecular weight excluding hydrogens is 429 g/mol. The Bertz CT molecular complexity index is 666. The Hall–Kier alpha value is -1.61. The zero-order chi connectivity index (χ0) is 16.8. The molecule has 0 spiro atoms. The van der Waals surface area contributed by atoms with Gasteiger partial charge in [0.05, 0.1) is 6.54 Å². The van der Waals surface area contributed by atoms with Gasteiger partial charge in [-0.2, -0.15) is 0 Å². The summed E-state index contributed by atoms with van der Waals surface area (Å²) in [6.45, 7) is 7.82. The number of aromatic nitrogens is 1. The van der Waals surface area contributed by atoms with E-state index < -0.39 is 0 Å². The molecule has 1 fully saturated rings. The van der Waals surface area contributed by atoms with Crippen LogP contribution in [-0.2, 0) is 13.1 Å². The molecule has 6 nitrogen and oxygen atoms in total. The molecule has 0 radical (unpaired) electrons. The van der Waals surface area contributed by atoms with Gasteiger partial charge in [-0.1, -0.05) is 35.0 Å². The number of piperazine rings is 1. The van der Waals surface area contributed by atoms with Gasteiger partial charge in [-0.15, -0.1) is 24.0 Å². The Labute approximate surface area is 166 Å². The predicted molar refractivity (Wildman–Crippen MR) is 110 cm³/mol. The van der Waals surface area contributed by atoms with Crippen LogP contribution >= 0.6 is 24.0 Å². The van der Waals surface area contributed by atoms with Crippen LogP contribution in [0.5, 0.6) is 0 Å². The Morgan fingerprint density at radius 1 is 1.24 bits per heavy atom. The van der Waals surface area contributed by atoms with Crippen molar-refractivity contribution in [3.05, 3.63) is 53.4 Å². The molecule has 0 amide bonds. The molecular formula is C18H26IN5O. The van der Waals surface area contributed by atoms with Crippen LogP contribution in [-0.4, -0.2) is 54.1 Å². The van der Waals surface area contributed by atoms with Crippen molar-refractivity contribution in [3.63, 3.8) is 0 Å². The molecule has 1 aromatic carbocycles. The van der Waals surface area contributed by atoms with Crippen molar-refractivity contribution in [1.29, 1.82) is 0 Å². The van der Waals surface area contributed by atoms with E-state index >= 15 is 0 Å². The maximum absolute atomic E-state index is 4.85. The Morgan fingerprint density at radius 3 is 2.68 bits per heavy atom. The van der Waals surface area contributed by atoms with Crippen LogP contribution in [0.4, 0.5) is 0 Å². The van der Waals surface area contributed by atoms with E-state index in [2.05, 4.69) is 56.5 Å². The molecule has 25 heavy (non-hydrogen) atoms. The quantitative estimate of drug-likeness (QED) is 0.436. The van der Waals surface area contributed by atoms with Crippen molar-refractivity contribution in [3.8, 4) is 0 Å². The van der Waals surface area contributed by atoms with E-state index in [-0.39, 0.29) is 24.0 Å². The van der Waals surface area contributed by atoms with Crippen molar-refractivity contribution in [1.82, 2.24) is 20.3 Å². The second kappa shape index (κ2) is 9.76. The summed E-state index contributed by atoms with van der Waals surface area (Å²) in [5.74, 6) is 0.924. The first-order valence-corrected chi connectivity index (χ1v) is 8.37. The third kappa shape index (κ3) is 5.71. The molecule has 0 bridgehead atoms.